The van der Waals surface area contributed by atoms with E-state index < -0.39 is 0 Å². The summed E-state index contributed by atoms with van der Waals surface area (Å²) in [5.41, 5.74) is 1.13. The number of hydrogen-bond acceptors (Lipinski definition) is 2. The Morgan fingerprint density at radius 3 is 2.45 bits per heavy atom. The first-order valence-electron chi connectivity index (χ1n) is 13.2. The van der Waals surface area contributed by atoms with Crippen molar-refractivity contribution in [3.8, 4) is 0 Å². The highest BCUT2D eigenvalue weighted by Crippen LogP contribution is 2.71. The van der Waals surface area contributed by atoms with Crippen LogP contribution in [0.15, 0.2) is 0 Å². The molecular weight excluding hydrogens is 356 g/mol. The third-order valence-electron chi connectivity index (χ3n) is 11.9. The minimum absolute atomic E-state index is 0.250. The monoisotopic (exact) mass is 400 g/mol. The van der Waals surface area contributed by atoms with Crippen LogP contribution in [0.3, 0.4) is 0 Å². The topological polar surface area (TPSA) is 18.5 Å². The Balaban J connectivity index is 1.27. The molecule has 2 saturated heterocycles. The minimum Gasteiger partial charge on any atom is -0.349 e. The molecule has 2 aliphatic heterocycles. The van der Waals surface area contributed by atoms with Gasteiger partial charge in [-0.15, -0.1) is 0 Å². The van der Waals surface area contributed by atoms with Crippen molar-refractivity contribution in [2.75, 3.05) is 6.61 Å². The van der Waals surface area contributed by atoms with Gasteiger partial charge in [-0.2, -0.15) is 0 Å². The van der Waals surface area contributed by atoms with Crippen LogP contribution in [-0.2, 0) is 9.47 Å². The lowest BCUT2D eigenvalue weighted by atomic mass is 9.44. The van der Waals surface area contributed by atoms with Crippen LogP contribution in [0.4, 0.5) is 0 Å². The fourth-order valence-corrected chi connectivity index (χ4v) is 10.3. The van der Waals surface area contributed by atoms with Gasteiger partial charge in [0.1, 0.15) is 0 Å². The van der Waals surface area contributed by atoms with Crippen LogP contribution in [0.25, 0.3) is 0 Å². The molecule has 6 rings (SSSR count). The molecule has 7 unspecified atom stereocenters. The minimum atomic E-state index is -0.250. The SMILES string of the molecule is CC1C2C(C[C@H]3C4CC[C@H]5CCCCC5(C)C4CCC23C)O[C@]12CC[C@@H](C)CO2. The quantitative estimate of drug-likeness (QED) is 0.444. The molecule has 2 heterocycles. The van der Waals surface area contributed by atoms with E-state index in [9.17, 15) is 0 Å². The van der Waals surface area contributed by atoms with E-state index in [1.807, 2.05) is 0 Å². The van der Waals surface area contributed by atoms with E-state index in [2.05, 4.69) is 27.7 Å². The van der Waals surface area contributed by atoms with Crippen LogP contribution in [0.2, 0.25) is 0 Å². The molecule has 0 amide bonds. The molecule has 2 heteroatoms. The van der Waals surface area contributed by atoms with Gasteiger partial charge in [0.05, 0.1) is 12.7 Å². The molecule has 0 aromatic rings. The van der Waals surface area contributed by atoms with Crippen molar-refractivity contribution in [3.63, 3.8) is 0 Å². The van der Waals surface area contributed by atoms with Crippen LogP contribution in [0, 0.1) is 52.3 Å². The van der Waals surface area contributed by atoms with E-state index in [0.29, 0.717) is 28.8 Å². The summed E-state index contributed by atoms with van der Waals surface area (Å²) in [4.78, 5) is 0. The first-order chi connectivity index (χ1) is 13.9. The Morgan fingerprint density at radius 1 is 0.793 bits per heavy atom. The van der Waals surface area contributed by atoms with Crippen LogP contribution in [0.5, 0.6) is 0 Å². The summed E-state index contributed by atoms with van der Waals surface area (Å²) in [6.07, 6.45) is 16.2. The van der Waals surface area contributed by atoms with Gasteiger partial charge in [-0.1, -0.05) is 40.5 Å². The molecule has 4 aliphatic carbocycles. The predicted molar refractivity (Wildman–Crippen MR) is 116 cm³/mol. The van der Waals surface area contributed by atoms with Gasteiger partial charge in [-0.3, -0.25) is 0 Å². The lowest BCUT2D eigenvalue weighted by Gasteiger charge is -2.61. The predicted octanol–water partition coefficient (Wildman–Crippen LogP) is 6.82. The summed E-state index contributed by atoms with van der Waals surface area (Å²) < 4.78 is 13.4. The zero-order chi connectivity index (χ0) is 20.0. The first kappa shape index (κ1) is 19.6. The highest BCUT2D eigenvalue weighted by Gasteiger charge is 2.68. The average Bonchev–Trinajstić information content (AvgIpc) is 3.15. The van der Waals surface area contributed by atoms with E-state index in [1.165, 1.54) is 64.2 Å². The lowest BCUT2D eigenvalue weighted by Crippen LogP contribution is -2.54. The molecule has 0 bridgehead atoms. The standard InChI is InChI=1S/C27H44O2/c1-17-10-14-27(28-16-17)18(2)24-23(29-27)15-22-20-9-8-19-7-5-6-12-25(19,3)21(20)11-13-26(22,24)4/h17-24H,5-16H2,1-4H3/t17-,18?,19-,20?,21?,22+,23?,24?,25?,26?,27-/m1/s1. The maximum atomic E-state index is 6.92. The van der Waals surface area contributed by atoms with E-state index >= 15 is 0 Å². The fraction of sp³-hybridized carbons (Fsp3) is 1.00. The van der Waals surface area contributed by atoms with E-state index in [0.717, 1.165) is 42.6 Å². The third-order valence-corrected chi connectivity index (χ3v) is 11.9. The van der Waals surface area contributed by atoms with Crippen molar-refractivity contribution in [2.45, 2.75) is 110 Å². The summed E-state index contributed by atoms with van der Waals surface area (Å²) in [7, 11) is 0. The molecule has 6 aliphatic rings. The van der Waals surface area contributed by atoms with E-state index in [4.69, 9.17) is 9.47 Å². The maximum absolute atomic E-state index is 6.92. The molecule has 4 saturated carbocycles. The van der Waals surface area contributed by atoms with Crippen molar-refractivity contribution in [3.05, 3.63) is 0 Å². The zero-order valence-electron chi connectivity index (χ0n) is 19.4. The molecular formula is C27H44O2. The second kappa shape index (κ2) is 6.47. The summed E-state index contributed by atoms with van der Waals surface area (Å²) in [5, 5.41) is 0. The van der Waals surface area contributed by atoms with Crippen molar-refractivity contribution < 1.29 is 9.47 Å². The molecule has 11 atom stereocenters. The third kappa shape index (κ3) is 2.54. The molecule has 0 radical (unpaired) electrons. The normalized spacial score (nSPS) is 61.7. The fourth-order valence-electron chi connectivity index (χ4n) is 10.3. The molecule has 0 aromatic carbocycles. The molecule has 1 spiro atoms. The summed E-state index contributed by atoms with van der Waals surface area (Å²) in [6.45, 7) is 11.1. The Kier molecular flexibility index (Phi) is 4.37. The zero-order valence-corrected chi connectivity index (χ0v) is 19.4. The smallest absolute Gasteiger partial charge is 0.171 e. The Morgan fingerprint density at radius 2 is 1.66 bits per heavy atom. The van der Waals surface area contributed by atoms with E-state index in [1.54, 1.807) is 0 Å². The van der Waals surface area contributed by atoms with Crippen LogP contribution >= 0.6 is 0 Å². The van der Waals surface area contributed by atoms with Crippen molar-refractivity contribution in [2.24, 2.45) is 52.3 Å². The van der Waals surface area contributed by atoms with Gasteiger partial charge in [0.15, 0.2) is 5.79 Å². The lowest BCUT2D eigenvalue weighted by molar-refractivity contribution is -0.273. The number of ether oxygens (including phenoxy) is 2. The van der Waals surface area contributed by atoms with Gasteiger partial charge in [0.2, 0.25) is 0 Å². The van der Waals surface area contributed by atoms with E-state index in [-0.39, 0.29) is 5.79 Å². The van der Waals surface area contributed by atoms with Crippen LogP contribution < -0.4 is 0 Å². The molecule has 6 fully saturated rings. The van der Waals surface area contributed by atoms with Crippen molar-refractivity contribution in [1.82, 2.24) is 0 Å². The molecule has 29 heavy (non-hydrogen) atoms. The Labute approximate surface area is 178 Å². The average molecular weight is 401 g/mol. The van der Waals surface area contributed by atoms with Crippen molar-refractivity contribution >= 4 is 0 Å². The number of rotatable bonds is 0. The Hall–Kier alpha value is -0.0800. The van der Waals surface area contributed by atoms with Gasteiger partial charge in [-0.05, 0) is 97.7 Å². The van der Waals surface area contributed by atoms with Crippen molar-refractivity contribution in [1.29, 1.82) is 0 Å². The highest BCUT2D eigenvalue weighted by atomic mass is 16.7. The largest absolute Gasteiger partial charge is 0.349 e. The van der Waals surface area contributed by atoms with Gasteiger partial charge in [0, 0.05) is 12.3 Å². The highest BCUT2D eigenvalue weighted by molar-refractivity contribution is 5.15. The van der Waals surface area contributed by atoms with Gasteiger partial charge >= 0.3 is 0 Å². The van der Waals surface area contributed by atoms with Gasteiger partial charge in [-0.25, -0.2) is 0 Å². The van der Waals surface area contributed by atoms with Crippen LogP contribution in [0.1, 0.15) is 98.3 Å². The molecule has 0 N–H and O–H groups in total. The second-order valence-corrected chi connectivity index (χ2v) is 12.9. The number of hydrogen-bond donors (Lipinski definition) is 0. The Bertz CT molecular complexity index is 651. The second-order valence-electron chi connectivity index (χ2n) is 12.9. The molecule has 0 aromatic heterocycles. The first-order valence-corrected chi connectivity index (χ1v) is 13.2. The van der Waals surface area contributed by atoms with Crippen LogP contribution in [-0.4, -0.2) is 18.5 Å². The maximum Gasteiger partial charge on any atom is 0.171 e. The summed E-state index contributed by atoms with van der Waals surface area (Å²) >= 11 is 0. The summed E-state index contributed by atoms with van der Waals surface area (Å²) in [5.74, 6) is 5.62. The van der Waals surface area contributed by atoms with Gasteiger partial charge in [0.25, 0.3) is 0 Å². The number of fused-ring (bicyclic) bond motifs is 7. The summed E-state index contributed by atoms with van der Waals surface area (Å²) in [6, 6.07) is 0. The molecule has 2 nitrogen and oxygen atoms in total. The molecule has 164 valence electrons. The van der Waals surface area contributed by atoms with Gasteiger partial charge < -0.3 is 9.47 Å².